The average Bonchev–Trinajstić information content (AvgIpc) is 2.40. The monoisotopic (exact) mass is 313 g/mol. The lowest BCUT2D eigenvalue weighted by Gasteiger charge is -2.12. The Bertz CT molecular complexity index is 660. The van der Waals surface area contributed by atoms with Crippen LogP contribution in [0.25, 0.3) is 0 Å². The number of nitrogens with zero attached hydrogens (tertiary/aromatic N) is 1. The minimum absolute atomic E-state index is 0.0431. The largest absolute Gasteiger partial charge is 0.417 e. The maximum absolute atomic E-state index is 12.9. The molecule has 0 spiro atoms. The van der Waals surface area contributed by atoms with Crippen LogP contribution < -0.4 is 0 Å². The topological polar surface area (TPSA) is 23.8 Å². The number of alkyl halides is 3. The van der Waals surface area contributed by atoms with Gasteiger partial charge in [-0.1, -0.05) is 23.4 Å². The Morgan fingerprint density at radius 2 is 1.70 bits per heavy atom. The van der Waals surface area contributed by atoms with Crippen LogP contribution in [0.5, 0.6) is 0 Å². The van der Waals surface area contributed by atoms with Crippen molar-refractivity contribution in [3.05, 3.63) is 58.6 Å². The number of halogens is 4. The van der Waals surface area contributed by atoms with Gasteiger partial charge in [-0.25, -0.2) is 0 Å². The first-order valence-corrected chi connectivity index (χ1v) is 6.64. The van der Waals surface area contributed by atoms with Gasteiger partial charge in [0.25, 0.3) is 0 Å². The van der Waals surface area contributed by atoms with Gasteiger partial charge in [-0.05, 0) is 42.5 Å². The first kappa shape index (κ1) is 14.8. The highest BCUT2D eigenvalue weighted by atomic mass is 35.5. The lowest BCUT2D eigenvalue weighted by Crippen LogP contribution is -2.06. The van der Waals surface area contributed by atoms with Crippen LogP contribution in [0.1, 0.15) is 11.1 Å². The molecular weight excluding hydrogens is 307 g/mol. The van der Waals surface area contributed by atoms with E-state index >= 15 is 0 Å². The molecule has 0 N–H and O–H groups in total. The molecule has 1 nitrogen and oxygen atoms in total. The second-order valence-corrected chi connectivity index (χ2v) is 5.43. The molecule has 0 saturated heterocycles. The first-order chi connectivity index (χ1) is 9.40. The molecule has 0 atom stereocenters. The van der Waals surface area contributed by atoms with E-state index in [4.69, 9.17) is 16.9 Å². The molecule has 0 unspecified atom stereocenters. The zero-order chi connectivity index (χ0) is 14.8. The molecule has 0 aliphatic carbocycles. The Balaban J connectivity index is 2.35. The van der Waals surface area contributed by atoms with E-state index in [1.807, 2.05) is 6.07 Å². The standard InChI is InChI=1S/C14H7ClF3NS/c15-10-3-6-13(12(7-10)14(16,17)18)20-11-4-1-9(8-19)2-5-11/h1-7H. The molecule has 0 aliphatic heterocycles. The summed E-state index contributed by atoms with van der Waals surface area (Å²) in [6.07, 6.45) is -4.46. The van der Waals surface area contributed by atoms with Crippen LogP contribution in [0.3, 0.4) is 0 Å². The summed E-state index contributed by atoms with van der Waals surface area (Å²) in [7, 11) is 0. The molecule has 6 heteroatoms. The fraction of sp³-hybridized carbons (Fsp3) is 0.0714. The van der Waals surface area contributed by atoms with Crippen molar-refractivity contribution in [3.8, 4) is 6.07 Å². The Morgan fingerprint density at radius 1 is 1.05 bits per heavy atom. The van der Waals surface area contributed by atoms with Crippen molar-refractivity contribution in [2.24, 2.45) is 0 Å². The normalized spacial score (nSPS) is 11.2. The molecule has 0 saturated carbocycles. The van der Waals surface area contributed by atoms with Gasteiger partial charge >= 0.3 is 6.18 Å². The van der Waals surface area contributed by atoms with Crippen molar-refractivity contribution < 1.29 is 13.2 Å². The zero-order valence-electron chi connectivity index (χ0n) is 9.91. The summed E-state index contributed by atoms with van der Waals surface area (Å²) in [5, 5.41) is 8.72. The third kappa shape index (κ3) is 3.47. The number of hydrogen-bond acceptors (Lipinski definition) is 2. The Morgan fingerprint density at radius 3 is 2.25 bits per heavy atom. The first-order valence-electron chi connectivity index (χ1n) is 5.45. The molecule has 0 aliphatic rings. The van der Waals surface area contributed by atoms with Crippen molar-refractivity contribution in [1.29, 1.82) is 5.26 Å². The maximum Gasteiger partial charge on any atom is 0.417 e. The molecule has 2 rings (SSSR count). The lowest BCUT2D eigenvalue weighted by molar-refractivity contribution is -0.139. The predicted octanol–water partition coefficient (Wildman–Crippen LogP) is 5.38. The molecule has 0 radical (unpaired) electrons. The summed E-state index contributed by atoms with van der Waals surface area (Å²) < 4.78 is 38.8. The summed E-state index contributed by atoms with van der Waals surface area (Å²) in [5.74, 6) is 0. The van der Waals surface area contributed by atoms with Gasteiger partial charge in [-0.2, -0.15) is 18.4 Å². The summed E-state index contributed by atoms with van der Waals surface area (Å²) in [5.41, 5.74) is -0.305. The van der Waals surface area contributed by atoms with Gasteiger partial charge in [0.05, 0.1) is 17.2 Å². The SMILES string of the molecule is N#Cc1ccc(Sc2ccc(Cl)cc2C(F)(F)F)cc1. The van der Waals surface area contributed by atoms with Crippen LogP contribution in [0.4, 0.5) is 13.2 Å². The number of nitriles is 1. The van der Waals surface area contributed by atoms with Gasteiger partial charge in [-0.3, -0.25) is 0 Å². The Kier molecular flexibility index (Phi) is 4.26. The second-order valence-electron chi connectivity index (χ2n) is 3.88. The molecule has 2 aromatic carbocycles. The van der Waals surface area contributed by atoms with Crippen LogP contribution in [-0.2, 0) is 6.18 Å². The number of benzene rings is 2. The third-order valence-electron chi connectivity index (χ3n) is 2.46. The van der Waals surface area contributed by atoms with Crippen molar-refractivity contribution in [2.75, 3.05) is 0 Å². The maximum atomic E-state index is 12.9. The highest BCUT2D eigenvalue weighted by Crippen LogP contribution is 2.40. The number of hydrogen-bond donors (Lipinski definition) is 0. The molecule has 102 valence electrons. The summed E-state index contributed by atoms with van der Waals surface area (Å²) in [6.45, 7) is 0. The lowest BCUT2D eigenvalue weighted by atomic mass is 10.2. The van der Waals surface area contributed by atoms with Crippen LogP contribution >= 0.6 is 23.4 Å². The molecule has 0 aromatic heterocycles. The average molecular weight is 314 g/mol. The fourth-order valence-electron chi connectivity index (χ4n) is 1.54. The zero-order valence-corrected chi connectivity index (χ0v) is 11.5. The summed E-state index contributed by atoms with van der Waals surface area (Å²) in [4.78, 5) is 0.698. The molecule has 2 aromatic rings. The van der Waals surface area contributed by atoms with Gasteiger partial charge in [0.15, 0.2) is 0 Å². The minimum atomic E-state index is -4.46. The van der Waals surface area contributed by atoms with Crippen LogP contribution in [0.2, 0.25) is 5.02 Å². The van der Waals surface area contributed by atoms with Gasteiger partial charge in [0.1, 0.15) is 0 Å². The van der Waals surface area contributed by atoms with Crippen LogP contribution in [0.15, 0.2) is 52.3 Å². The van der Waals surface area contributed by atoms with Crippen molar-refractivity contribution in [2.45, 2.75) is 16.0 Å². The minimum Gasteiger partial charge on any atom is -0.192 e. The molecule has 0 bridgehead atoms. The van der Waals surface area contributed by atoms with E-state index in [0.29, 0.717) is 10.5 Å². The quantitative estimate of drug-likeness (QED) is 0.743. The van der Waals surface area contributed by atoms with Crippen molar-refractivity contribution >= 4 is 23.4 Å². The van der Waals surface area contributed by atoms with E-state index in [-0.39, 0.29) is 9.92 Å². The van der Waals surface area contributed by atoms with Crippen molar-refractivity contribution in [1.82, 2.24) is 0 Å². The van der Waals surface area contributed by atoms with Crippen LogP contribution in [-0.4, -0.2) is 0 Å². The molecular formula is C14H7ClF3NS. The van der Waals surface area contributed by atoms with Gasteiger partial charge < -0.3 is 0 Å². The highest BCUT2D eigenvalue weighted by molar-refractivity contribution is 7.99. The third-order valence-corrected chi connectivity index (χ3v) is 3.78. The second kappa shape index (κ2) is 5.78. The van der Waals surface area contributed by atoms with Crippen molar-refractivity contribution in [3.63, 3.8) is 0 Å². The highest BCUT2D eigenvalue weighted by Gasteiger charge is 2.33. The van der Waals surface area contributed by atoms with Crippen LogP contribution in [0, 0.1) is 11.3 Å². The van der Waals surface area contributed by atoms with Gasteiger partial charge in [0, 0.05) is 14.8 Å². The van der Waals surface area contributed by atoms with Gasteiger partial charge in [-0.15, -0.1) is 0 Å². The van der Waals surface area contributed by atoms with E-state index < -0.39 is 11.7 Å². The predicted molar refractivity (Wildman–Crippen MR) is 71.7 cm³/mol. The molecule has 20 heavy (non-hydrogen) atoms. The molecule has 0 fully saturated rings. The summed E-state index contributed by atoms with van der Waals surface area (Å²) in [6, 6.07) is 12.0. The van der Waals surface area contributed by atoms with Gasteiger partial charge in [0.2, 0.25) is 0 Å². The fourth-order valence-corrected chi connectivity index (χ4v) is 2.66. The Hall–Kier alpha value is -1.64. The van der Waals surface area contributed by atoms with E-state index in [2.05, 4.69) is 0 Å². The Labute approximate surface area is 123 Å². The van der Waals surface area contributed by atoms with E-state index in [9.17, 15) is 13.2 Å². The van der Waals surface area contributed by atoms with E-state index in [1.54, 1.807) is 24.3 Å². The smallest absolute Gasteiger partial charge is 0.192 e. The van der Waals surface area contributed by atoms with E-state index in [0.717, 1.165) is 17.8 Å². The summed E-state index contributed by atoms with van der Waals surface area (Å²) >= 11 is 6.60. The number of rotatable bonds is 2. The van der Waals surface area contributed by atoms with E-state index in [1.165, 1.54) is 12.1 Å². The molecule has 0 heterocycles. The molecule has 0 amide bonds.